The van der Waals surface area contributed by atoms with E-state index in [-0.39, 0.29) is 12.1 Å². The van der Waals surface area contributed by atoms with Crippen molar-refractivity contribution in [2.24, 2.45) is 0 Å². The molecule has 0 bridgehead atoms. The number of aliphatic hydroxyl groups excluding tert-OH is 1. The number of oxazole rings is 1. The number of nitrogens with one attached hydrogen (secondary N) is 2. The van der Waals surface area contributed by atoms with E-state index in [0.29, 0.717) is 22.5 Å². The van der Waals surface area contributed by atoms with Crippen LogP contribution in [0.25, 0.3) is 11.1 Å². The summed E-state index contributed by atoms with van der Waals surface area (Å²) in [6, 6.07) is 3.33. The van der Waals surface area contributed by atoms with Crippen LogP contribution in [0.1, 0.15) is 12.8 Å². The van der Waals surface area contributed by atoms with Crippen LogP contribution in [0, 0.1) is 0 Å². The minimum Gasteiger partial charge on any atom is -0.408 e. The lowest BCUT2D eigenvalue weighted by Crippen LogP contribution is -2.26. The summed E-state index contributed by atoms with van der Waals surface area (Å²) in [5.74, 6) is -0.500. The molecular formula is C11H13N3O3. The van der Waals surface area contributed by atoms with Gasteiger partial charge in [0.15, 0.2) is 5.58 Å². The second-order valence-corrected chi connectivity index (χ2v) is 4.51. The van der Waals surface area contributed by atoms with Crippen LogP contribution in [0.4, 0.5) is 11.4 Å². The Morgan fingerprint density at radius 3 is 2.94 bits per heavy atom. The van der Waals surface area contributed by atoms with Crippen LogP contribution in [-0.4, -0.2) is 22.2 Å². The highest BCUT2D eigenvalue weighted by Crippen LogP contribution is 2.40. The number of nitrogens with two attached hydrogens (primary N) is 1. The molecule has 0 amide bonds. The number of aromatic nitrogens is 1. The van der Waals surface area contributed by atoms with Gasteiger partial charge in [-0.05, 0) is 18.9 Å². The maximum atomic E-state index is 11.0. The average molecular weight is 235 g/mol. The maximum Gasteiger partial charge on any atom is 0.417 e. The first-order valence-corrected chi connectivity index (χ1v) is 5.43. The van der Waals surface area contributed by atoms with Crippen molar-refractivity contribution in [3.8, 4) is 0 Å². The Morgan fingerprint density at radius 2 is 2.29 bits per heavy atom. The molecule has 0 saturated heterocycles. The van der Waals surface area contributed by atoms with Crippen LogP contribution >= 0.6 is 0 Å². The Labute approximate surface area is 96.4 Å². The number of benzene rings is 1. The first-order valence-electron chi connectivity index (χ1n) is 5.43. The van der Waals surface area contributed by atoms with Crippen LogP contribution in [0.5, 0.6) is 0 Å². The molecule has 0 spiro atoms. The summed E-state index contributed by atoms with van der Waals surface area (Å²) >= 11 is 0. The molecule has 6 heteroatoms. The highest BCUT2D eigenvalue weighted by atomic mass is 16.4. The van der Waals surface area contributed by atoms with E-state index in [1.165, 1.54) is 0 Å². The number of nitrogen functional groups attached to an aromatic ring is 1. The molecule has 5 N–H and O–H groups in total. The summed E-state index contributed by atoms with van der Waals surface area (Å²) in [6.45, 7) is 0.0758. The average Bonchev–Trinajstić information content (AvgIpc) is 2.96. The van der Waals surface area contributed by atoms with E-state index in [0.717, 1.165) is 12.8 Å². The number of hydrogen-bond acceptors (Lipinski definition) is 5. The van der Waals surface area contributed by atoms with Crippen LogP contribution in [-0.2, 0) is 0 Å². The molecule has 0 atom stereocenters. The van der Waals surface area contributed by atoms with Crippen molar-refractivity contribution in [2.75, 3.05) is 17.7 Å². The van der Waals surface area contributed by atoms with Gasteiger partial charge in [0, 0.05) is 6.07 Å². The second kappa shape index (κ2) is 3.27. The predicted octanol–water partition coefficient (Wildman–Crippen LogP) is 0.640. The quantitative estimate of drug-likeness (QED) is 0.584. The van der Waals surface area contributed by atoms with Crippen LogP contribution < -0.4 is 16.8 Å². The monoisotopic (exact) mass is 235 g/mol. The third-order valence-corrected chi connectivity index (χ3v) is 3.15. The normalized spacial score (nSPS) is 17.2. The largest absolute Gasteiger partial charge is 0.417 e. The van der Waals surface area contributed by atoms with Gasteiger partial charge in [-0.1, -0.05) is 0 Å². The van der Waals surface area contributed by atoms with Gasteiger partial charge in [-0.25, -0.2) is 4.79 Å². The van der Waals surface area contributed by atoms with E-state index in [1.54, 1.807) is 12.1 Å². The number of H-pyrrole nitrogens is 1. The van der Waals surface area contributed by atoms with Crippen molar-refractivity contribution in [1.29, 1.82) is 0 Å². The lowest BCUT2D eigenvalue weighted by molar-refractivity contribution is 0.266. The summed E-state index contributed by atoms with van der Waals surface area (Å²) < 4.78 is 4.91. The molecule has 17 heavy (non-hydrogen) atoms. The molecule has 1 aliphatic carbocycles. The van der Waals surface area contributed by atoms with E-state index < -0.39 is 5.76 Å². The Morgan fingerprint density at radius 1 is 1.53 bits per heavy atom. The van der Waals surface area contributed by atoms with Crippen molar-refractivity contribution < 1.29 is 9.52 Å². The van der Waals surface area contributed by atoms with Gasteiger partial charge in [-0.3, -0.25) is 4.98 Å². The predicted molar refractivity (Wildman–Crippen MR) is 63.9 cm³/mol. The van der Waals surface area contributed by atoms with Crippen LogP contribution in [0.3, 0.4) is 0 Å². The van der Waals surface area contributed by atoms with Crippen LogP contribution in [0.15, 0.2) is 21.3 Å². The molecule has 0 unspecified atom stereocenters. The Kier molecular flexibility index (Phi) is 1.97. The van der Waals surface area contributed by atoms with E-state index in [1.807, 2.05) is 0 Å². The number of fused-ring (bicyclic) bond motifs is 1. The SMILES string of the molecule is Nc1cc2oc(=O)[nH]c2cc1NC1(CO)CC1. The van der Waals surface area contributed by atoms with Crippen molar-refractivity contribution in [1.82, 2.24) is 4.98 Å². The van der Waals surface area contributed by atoms with E-state index in [4.69, 9.17) is 10.2 Å². The summed E-state index contributed by atoms with van der Waals surface area (Å²) in [5.41, 5.74) is 7.87. The number of anilines is 2. The molecule has 1 saturated carbocycles. The fourth-order valence-corrected chi connectivity index (χ4v) is 1.88. The van der Waals surface area contributed by atoms with E-state index >= 15 is 0 Å². The third kappa shape index (κ3) is 1.66. The Balaban J connectivity index is 2.03. The fraction of sp³-hybridized carbons (Fsp3) is 0.364. The van der Waals surface area contributed by atoms with Gasteiger partial charge in [0.1, 0.15) is 0 Å². The zero-order chi connectivity index (χ0) is 12.0. The van der Waals surface area contributed by atoms with Crippen molar-refractivity contribution in [3.05, 3.63) is 22.7 Å². The van der Waals surface area contributed by atoms with Gasteiger partial charge in [0.25, 0.3) is 0 Å². The second-order valence-electron chi connectivity index (χ2n) is 4.51. The molecule has 1 heterocycles. The Hall–Kier alpha value is -1.95. The molecule has 0 radical (unpaired) electrons. The number of hydrogen-bond donors (Lipinski definition) is 4. The van der Waals surface area contributed by atoms with Gasteiger partial charge in [-0.15, -0.1) is 0 Å². The molecule has 6 nitrogen and oxygen atoms in total. The van der Waals surface area contributed by atoms with Gasteiger partial charge >= 0.3 is 5.76 Å². The summed E-state index contributed by atoms with van der Waals surface area (Å²) in [7, 11) is 0. The lowest BCUT2D eigenvalue weighted by atomic mass is 10.2. The van der Waals surface area contributed by atoms with Gasteiger partial charge in [0.2, 0.25) is 0 Å². The molecule has 3 rings (SSSR count). The minimum absolute atomic E-state index is 0.0758. The number of aromatic amines is 1. The maximum absolute atomic E-state index is 11.0. The third-order valence-electron chi connectivity index (χ3n) is 3.15. The van der Waals surface area contributed by atoms with Gasteiger partial charge in [0.05, 0.1) is 29.0 Å². The van der Waals surface area contributed by atoms with Crippen molar-refractivity contribution in [2.45, 2.75) is 18.4 Å². The Bertz CT molecular complexity index is 624. The topological polar surface area (TPSA) is 104 Å². The fourth-order valence-electron chi connectivity index (χ4n) is 1.88. The standard InChI is InChI=1S/C11H13N3O3/c12-6-3-9-8(13-10(16)17-9)4-7(6)14-11(5-15)1-2-11/h3-4,14-15H,1-2,5,12H2,(H,13,16). The van der Waals surface area contributed by atoms with Crippen molar-refractivity contribution >= 4 is 22.5 Å². The first-order chi connectivity index (χ1) is 8.12. The molecule has 1 aliphatic rings. The van der Waals surface area contributed by atoms with Gasteiger partial charge < -0.3 is 20.6 Å². The summed E-state index contributed by atoms with van der Waals surface area (Å²) in [5, 5.41) is 12.5. The zero-order valence-electron chi connectivity index (χ0n) is 9.12. The summed E-state index contributed by atoms with van der Waals surface area (Å²) in [4.78, 5) is 13.6. The minimum atomic E-state index is -0.500. The summed E-state index contributed by atoms with van der Waals surface area (Å²) in [6.07, 6.45) is 1.84. The molecule has 1 fully saturated rings. The van der Waals surface area contributed by atoms with Gasteiger partial charge in [-0.2, -0.15) is 0 Å². The lowest BCUT2D eigenvalue weighted by Gasteiger charge is -2.17. The highest BCUT2D eigenvalue weighted by molar-refractivity contribution is 5.85. The molecular weight excluding hydrogens is 222 g/mol. The molecule has 1 aromatic carbocycles. The van der Waals surface area contributed by atoms with Crippen LogP contribution in [0.2, 0.25) is 0 Å². The number of aliphatic hydroxyl groups is 1. The van der Waals surface area contributed by atoms with Crippen molar-refractivity contribution in [3.63, 3.8) is 0 Å². The molecule has 0 aliphatic heterocycles. The highest BCUT2D eigenvalue weighted by Gasteiger charge is 2.42. The van der Waals surface area contributed by atoms with E-state index in [2.05, 4.69) is 10.3 Å². The molecule has 1 aromatic heterocycles. The number of rotatable bonds is 3. The molecule has 2 aromatic rings. The first kappa shape index (κ1) is 10.2. The molecule has 90 valence electrons. The smallest absolute Gasteiger partial charge is 0.408 e. The van der Waals surface area contributed by atoms with E-state index in [9.17, 15) is 9.90 Å². The zero-order valence-corrected chi connectivity index (χ0v) is 9.12.